The van der Waals surface area contributed by atoms with Gasteiger partial charge in [0.2, 0.25) is 0 Å². The molecule has 1 heterocycles. The maximum absolute atomic E-state index is 13.4. The molecular formula is C41H56O7. The lowest BCUT2D eigenvalue weighted by atomic mass is 9.36. The summed E-state index contributed by atoms with van der Waals surface area (Å²) in [6.45, 7) is 19.4. The average molecular weight is 661 g/mol. The van der Waals surface area contributed by atoms with Gasteiger partial charge < -0.3 is 18.9 Å². The molecule has 7 heteroatoms. The highest BCUT2D eigenvalue weighted by Crippen LogP contribution is 2.74. The van der Waals surface area contributed by atoms with Crippen LogP contribution in [0, 0.1) is 45.3 Å². The van der Waals surface area contributed by atoms with Gasteiger partial charge in [-0.3, -0.25) is 9.59 Å². The van der Waals surface area contributed by atoms with Crippen LogP contribution in [0.1, 0.15) is 118 Å². The summed E-state index contributed by atoms with van der Waals surface area (Å²) < 4.78 is 25.3. The van der Waals surface area contributed by atoms with Crippen LogP contribution >= 0.6 is 0 Å². The number of carbonyl (C=O) groups excluding carboxylic acids is 3. The van der Waals surface area contributed by atoms with Crippen LogP contribution in [0.4, 0.5) is 0 Å². The number of hydrogen-bond donors (Lipinski definition) is 0. The van der Waals surface area contributed by atoms with Crippen LogP contribution in [-0.4, -0.2) is 42.8 Å². The van der Waals surface area contributed by atoms with Gasteiger partial charge in [-0.1, -0.05) is 64.5 Å². The molecule has 10 unspecified atom stereocenters. The number of rotatable bonds is 5. The highest BCUT2D eigenvalue weighted by molar-refractivity contribution is 5.89. The summed E-state index contributed by atoms with van der Waals surface area (Å²) in [7, 11) is 0. The zero-order chi connectivity index (χ0) is 34.8. The lowest BCUT2D eigenvalue weighted by Gasteiger charge is -2.70. The molecule has 4 aliphatic carbocycles. The summed E-state index contributed by atoms with van der Waals surface area (Å²) in [5.74, 6) is 1.12. The number of carbonyl (C=O) groups is 3. The molecule has 48 heavy (non-hydrogen) atoms. The largest absolute Gasteiger partial charge is 0.498 e. The third-order valence-electron chi connectivity index (χ3n) is 14.0. The van der Waals surface area contributed by atoms with Crippen LogP contribution in [0.5, 0.6) is 0 Å². The molecule has 7 nitrogen and oxygen atoms in total. The molecular weight excluding hydrogens is 604 g/mol. The molecule has 0 amide bonds. The van der Waals surface area contributed by atoms with Crippen molar-refractivity contribution in [3.05, 3.63) is 58.9 Å². The Labute approximate surface area is 287 Å². The van der Waals surface area contributed by atoms with Gasteiger partial charge >= 0.3 is 17.9 Å². The molecule has 6 rings (SSSR count). The van der Waals surface area contributed by atoms with Crippen LogP contribution < -0.4 is 0 Å². The van der Waals surface area contributed by atoms with Gasteiger partial charge in [-0.2, -0.15) is 0 Å². The molecule has 1 aromatic rings. The maximum Gasteiger partial charge on any atom is 0.338 e. The Morgan fingerprint density at radius 3 is 2.06 bits per heavy atom. The van der Waals surface area contributed by atoms with Gasteiger partial charge in [0.1, 0.15) is 18.3 Å². The van der Waals surface area contributed by atoms with Gasteiger partial charge in [-0.05, 0) is 92.7 Å². The molecule has 0 N–H and O–H groups in total. The van der Waals surface area contributed by atoms with Gasteiger partial charge in [-0.25, -0.2) is 4.79 Å². The molecule has 1 saturated heterocycles. The highest BCUT2D eigenvalue weighted by Gasteiger charge is 2.72. The zero-order valence-corrected chi connectivity index (χ0v) is 30.5. The second-order valence-corrected chi connectivity index (χ2v) is 17.0. The number of fused-ring (bicyclic) bond motifs is 5. The standard InChI is InChI=1S/C41H56O7/c1-24(2)30-17-15-28(23-45-30)29-16-18-31-39(29,7)20-19-32-40(31,8)35(46-25(3)42)21-33-38(5,6)34(22-36(41(32,33)9)47-26(4)43)48-37(44)27-13-11-10-12-14-27/h10-14,18,28-29,32-36H,15-17,19-23H2,1-9H3. The lowest BCUT2D eigenvalue weighted by Crippen LogP contribution is -2.70. The van der Waals surface area contributed by atoms with Crippen LogP contribution in [0.15, 0.2) is 53.3 Å². The normalized spacial score (nSPS) is 39.8. The Morgan fingerprint density at radius 1 is 0.792 bits per heavy atom. The smallest absolute Gasteiger partial charge is 0.338 e. The van der Waals surface area contributed by atoms with E-state index in [4.69, 9.17) is 18.9 Å². The minimum Gasteiger partial charge on any atom is -0.498 e. The molecule has 0 spiro atoms. The third kappa shape index (κ3) is 5.42. The molecule has 10 atom stereocenters. The fourth-order valence-electron chi connectivity index (χ4n) is 11.7. The van der Waals surface area contributed by atoms with Crippen molar-refractivity contribution in [1.82, 2.24) is 0 Å². The SMILES string of the molecule is CC(=O)OC1CC2C(C)(C)C(OC(=O)c3ccccc3)CC(OC(C)=O)C2(C)C2CCC3(C)C(=CCC3C3CCC(=C(C)C)OC3)C12C. The number of esters is 3. The van der Waals surface area contributed by atoms with E-state index < -0.39 is 28.5 Å². The summed E-state index contributed by atoms with van der Waals surface area (Å²) in [5, 5.41) is 0. The van der Waals surface area contributed by atoms with Crippen LogP contribution in [0.2, 0.25) is 0 Å². The van der Waals surface area contributed by atoms with Gasteiger partial charge in [0.25, 0.3) is 0 Å². The van der Waals surface area contributed by atoms with E-state index >= 15 is 0 Å². The van der Waals surface area contributed by atoms with E-state index in [9.17, 15) is 14.4 Å². The summed E-state index contributed by atoms with van der Waals surface area (Å²) in [6.07, 6.45) is 7.25. The van der Waals surface area contributed by atoms with E-state index in [0.29, 0.717) is 30.2 Å². The average Bonchev–Trinajstić information content (AvgIpc) is 3.39. The number of allylic oxidation sites excluding steroid dienone is 3. The van der Waals surface area contributed by atoms with Crippen LogP contribution in [0.3, 0.4) is 0 Å². The Bertz CT molecular complexity index is 1490. The predicted molar refractivity (Wildman–Crippen MR) is 184 cm³/mol. The van der Waals surface area contributed by atoms with Gasteiger partial charge in [0, 0.05) is 42.9 Å². The summed E-state index contributed by atoms with van der Waals surface area (Å²) >= 11 is 0. The summed E-state index contributed by atoms with van der Waals surface area (Å²) in [6, 6.07) is 9.05. The van der Waals surface area contributed by atoms with E-state index in [1.165, 1.54) is 25.0 Å². The third-order valence-corrected chi connectivity index (χ3v) is 14.0. The minimum atomic E-state index is -0.490. The minimum absolute atomic E-state index is 0.0434. The first kappa shape index (κ1) is 34.8. The topological polar surface area (TPSA) is 88.1 Å². The predicted octanol–water partition coefficient (Wildman–Crippen LogP) is 8.62. The Hall–Kier alpha value is -3.09. The first-order valence-electron chi connectivity index (χ1n) is 18.1. The monoisotopic (exact) mass is 660 g/mol. The van der Waals surface area contributed by atoms with Crippen molar-refractivity contribution in [1.29, 1.82) is 0 Å². The van der Waals surface area contributed by atoms with Gasteiger partial charge in [0.15, 0.2) is 0 Å². The van der Waals surface area contributed by atoms with Gasteiger partial charge in [-0.15, -0.1) is 0 Å². The van der Waals surface area contributed by atoms with Crippen LogP contribution in [-0.2, 0) is 28.5 Å². The first-order chi connectivity index (χ1) is 22.5. The molecule has 3 saturated carbocycles. The Kier molecular flexibility index (Phi) is 8.94. The fraction of sp³-hybridized carbons (Fsp3) is 0.683. The Morgan fingerprint density at radius 2 is 1.46 bits per heavy atom. The van der Waals surface area contributed by atoms with Crippen LogP contribution in [0.25, 0.3) is 0 Å². The number of ether oxygens (including phenoxy) is 4. The summed E-state index contributed by atoms with van der Waals surface area (Å²) in [5.41, 5.74) is 1.76. The van der Waals surface area contributed by atoms with E-state index in [-0.39, 0.29) is 41.3 Å². The van der Waals surface area contributed by atoms with E-state index in [2.05, 4.69) is 54.5 Å². The number of hydrogen-bond acceptors (Lipinski definition) is 7. The van der Waals surface area contributed by atoms with E-state index in [1.54, 1.807) is 12.1 Å². The van der Waals surface area contributed by atoms with Crippen molar-refractivity contribution in [2.75, 3.05) is 6.61 Å². The van der Waals surface area contributed by atoms with Crippen molar-refractivity contribution in [3.8, 4) is 0 Å². The first-order valence-corrected chi connectivity index (χ1v) is 18.1. The van der Waals surface area contributed by atoms with Crippen molar-refractivity contribution in [2.24, 2.45) is 45.3 Å². The van der Waals surface area contributed by atoms with Crippen molar-refractivity contribution < 1.29 is 33.3 Å². The Balaban J connectivity index is 1.38. The van der Waals surface area contributed by atoms with Crippen molar-refractivity contribution in [3.63, 3.8) is 0 Å². The van der Waals surface area contributed by atoms with Gasteiger partial charge in [0.05, 0.1) is 17.9 Å². The highest BCUT2D eigenvalue weighted by atomic mass is 16.6. The van der Waals surface area contributed by atoms with Crippen molar-refractivity contribution >= 4 is 17.9 Å². The molecule has 262 valence electrons. The quantitative estimate of drug-likeness (QED) is 0.178. The molecule has 0 radical (unpaired) electrons. The zero-order valence-electron chi connectivity index (χ0n) is 30.5. The molecule has 4 fully saturated rings. The molecule has 0 aromatic heterocycles. The molecule has 5 aliphatic rings. The second kappa shape index (κ2) is 12.4. The second-order valence-electron chi connectivity index (χ2n) is 17.0. The van der Waals surface area contributed by atoms with Crippen molar-refractivity contribution in [2.45, 2.75) is 126 Å². The lowest BCUT2D eigenvalue weighted by molar-refractivity contribution is -0.259. The maximum atomic E-state index is 13.4. The summed E-state index contributed by atoms with van der Waals surface area (Å²) in [4.78, 5) is 39.1. The number of benzene rings is 1. The molecule has 1 aliphatic heterocycles. The molecule has 1 aromatic carbocycles. The molecule has 0 bridgehead atoms. The van der Waals surface area contributed by atoms with E-state index in [1.807, 2.05) is 18.2 Å². The fourth-order valence-corrected chi connectivity index (χ4v) is 11.7. The van der Waals surface area contributed by atoms with E-state index in [0.717, 1.165) is 44.5 Å².